The Balaban J connectivity index is 1.01. The number of nitrogens with zero attached hydrogens (tertiary/aromatic N) is 5. The maximum Gasteiger partial charge on any atom is 0.305 e. The molecule has 0 aliphatic carbocycles. The zero-order valence-corrected chi connectivity index (χ0v) is 69.2. The van der Waals surface area contributed by atoms with Gasteiger partial charge in [-0.25, -0.2) is 14.1 Å². The van der Waals surface area contributed by atoms with Gasteiger partial charge in [-0.2, -0.15) is 0 Å². The lowest BCUT2D eigenvalue weighted by molar-refractivity contribution is -0.142. The maximum atomic E-state index is 15.6. The number of nitrogens with two attached hydrogens (primary N) is 2. The summed E-state index contributed by atoms with van der Waals surface area (Å²) in [6.07, 6.45) is 12.8. The van der Waals surface area contributed by atoms with Crippen molar-refractivity contribution in [2.24, 2.45) is 11.5 Å². The van der Waals surface area contributed by atoms with Crippen molar-refractivity contribution < 1.29 is 102 Å². The summed E-state index contributed by atoms with van der Waals surface area (Å²) in [5.41, 5.74) is 14.0. The number of amides is 11. The molecule has 7 rings (SSSR count). The third-order valence-corrected chi connectivity index (χ3v) is 21.0. The number of rotatable bonds is 54. The average Bonchev–Trinajstić information content (AvgIpc) is 1.14. The van der Waals surface area contributed by atoms with Gasteiger partial charge in [-0.1, -0.05) is 161 Å². The minimum absolute atomic E-state index is 0.0364. The van der Waals surface area contributed by atoms with Gasteiger partial charge in [0.15, 0.2) is 0 Å². The summed E-state index contributed by atoms with van der Waals surface area (Å²) in [7, 11) is 0. The van der Waals surface area contributed by atoms with Crippen molar-refractivity contribution in [3.63, 3.8) is 0 Å². The van der Waals surface area contributed by atoms with Gasteiger partial charge < -0.3 is 99.8 Å². The average molecular weight is 1710 g/mol. The number of benzene rings is 4. The molecule has 1 aliphatic rings. The highest BCUT2D eigenvalue weighted by atomic mass is 19.1. The summed E-state index contributed by atoms with van der Waals surface area (Å²) < 4.78 is 17.1. The van der Waals surface area contributed by atoms with Crippen molar-refractivity contribution in [1.29, 1.82) is 0 Å². The number of likely N-dealkylation sites (tertiary alicyclic amines) is 1. The summed E-state index contributed by atoms with van der Waals surface area (Å²) >= 11 is 0. The summed E-state index contributed by atoms with van der Waals surface area (Å²) in [4.78, 5) is 197. The number of hydrogen-bond acceptors (Lipinski definition) is 21. The van der Waals surface area contributed by atoms with Crippen molar-refractivity contribution in [3.05, 3.63) is 156 Å². The minimum atomic E-state index is -2.43. The van der Waals surface area contributed by atoms with E-state index in [1.807, 2.05) is 42.5 Å². The van der Waals surface area contributed by atoms with Gasteiger partial charge in [0.05, 0.1) is 67.4 Å². The molecule has 123 heavy (non-hydrogen) atoms. The second-order valence-corrected chi connectivity index (χ2v) is 31.0. The molecule has 12 atom stereocenters. The number of halogens is 1. The molecule has 11 amide bonds. The number of primary amides is 1. The predicted octanol–water partition coefficient (Wildman–Crippen LogP) is 1.44. The largest absolute Gasteiger partial charge is 0.481 e. The molecule has 4 aromatic carbocycles. The van der Waals surface area contributed by atoms with Crippen molar-refractivity contribution in [3.8, 4) is 16.8 Å². The summed E-state index contributed by atoms with van der Waals surface area (Å²) in [6, 6.07) is 12.9. The molecular formula is C85H114FN17O20. The Kier molecular flexibility index (Phi) is 39.3. The second-order valence-electron chi connectivity index (χ2n) is 31.0. The SMILES string of the molecule is C[C@@H](O)[C@H](NC(=O)CNC(=O)[C@H](CCC(=O)O)NC(=O)[C@@H]1CCCN1C(=O)[C@@H](N)Cc1c[nH]cn1)C(=O)NC(C)(Cc1ccccc1F)C(=O)N[C@H](C(=O)N[C@@H](CO)C(=O)N[C@@H](CC(=O)O)C(=O)N[C@@H](Cc1ccc(-n2cc(CCCCCCCCCCCCCCCC(=O)O)nn2)cc1)C(=O)N[C@@H](Cc1ccc(-c2ccccc2)cc1)C(N)=O)[C@@H](C)O. The third-order valence-electron chi connectivity index (χ3n) is 21.0. The third kappa shape index (κ3) is 32.2. The van der Waals surface area contributed by atoms with Crippen LogP contribution < -0.4 is 59.3 Å². The molecule has 1 fully saturated rings. The number of carbonyl (C=O) groups is 14. The van der Waals surface area contributed by atoms with E-state index in [-0.39, 0.29) is 44.2 Å². The van der Waals surface area contributed by atoms with Crippen LogP contribution in [0.15, 0.2) is 122 Å². The number of carboxylic acids is 3. The number of aliphatic carboxylic acids is 3. The fourth-order valence-corrected chi connectivity index (χ4v) is 14.1. The molecule has 1 unspecified atom stereocenters. The Morgan fingerprint density at radius 2 is 1.12 bits per heavy atom. The predicted molar refractivity (Wildman–Crippen MR) is 444 cm³/mol. The van der Waals surface area contributed by atoms with E-state index >= 15 is 4.39 Å². The van der Waals surface area contributed by atoms with E-state index in [4.69, 9.17) is 16.6 Å². The number of aryl methyl sites for hydroxylation is 1. The highest BCUT2D eigenvalue weighted by molar-refractivity contribution is 6.01. The van der Waals surface area contributed by atoms with Crippen LogP contribution in [-0.4, -0.2) is 235 Å². The van der Waals surface area contributed by atoms with Gasteiger partial charge in [-0.3, -0.25) is 67.1 Å². The second kappa shape index (κ2) is 49.5. The quantitative estimate of drug-likeness (QED) is 0.0240. The van der Waals surface area contributed by atoms with Gasteiger partial charge in [-0.05, 0) is 105 Å². The van der Waals surface area contributed by atoms with Crippen LogP contribution in [0.5, 0.6) is 0 Å². The molecule has 3 heterocycles. The number of hydrogen-bond donors (Lipinski definition) is 18. The highest BCUT2D eigenvalue weighted by Gasteiger charge is 2.44. The number of aliphatic hydroxyl groups excluding tert-OH is 3. The van der Waals surface area contributed by atoms with E-state index in [9.17, 15) is 92.7 Å². The van der Waals surface area contributed by atoms with Crippen LogP contribution in [0.4, 0.5) is 4.39 Å². The first-order valence-electron chi connectivity index (χ1n) is 41.3. The number of aliphatic hydroxyl groups is 3. The number of aromatic nitrogens is 5. The number of aromatic amines is 1. The molecule has 20 N–H and O–H groups in total. The summed E-state index contributed by atoms with van der Waals surface area (Å²) in [5.74, 6) is -17.1. The van der Waals surface area contributed by atoms with E-state index in [0.29, 0.717) is 35.3 Å². The molecule has 0 spiro atoms. The van der Waals surface area contributed by atoms with Gasteiger partial charge in [0.25, 0.3) is 0 Å². The lowest BCUT2D eigenvalue weighted by atomic mass is 9.90. The van der Waals surface area contributed by atoms with Crippen LogP contribution >= 0.6 is 0 Å². The van der Waals surface area contributed by atoms with Crippen molar-refractivity contribution in [2.75, 3.05) is 19.7 Å². The minimum Gasteiger partial charge on any atom is -0.481 e. The lowest BCUT2D eigenvalue weighted by Crippen LogP contribution is -2.67. The fraction of sp³-hybridized carbons (Fsp3) is 0.494. The molecule has 1 saturated heterocycles. The monoisotopic (exact) mass is 1710 g/mol. The number of H-pyrrole nitrogens is 1. The van der Waals surface area contributed by atoms with Crippen LogP contribution in [0.25, 0.3) is 16.8 Å². The van der Waals surface area contributed by atoms with Crippen LogP contribution in [-0.2, 0) is 99.2 Å². The lowest BCUT2D eigenvalue weighted by Gasteiger charge is -2.34. The Hall–Kier alpha value is -12.4. The molecule has 0 radical (unpaired) electrons. The summed E-state index contributed by atoms with van der Waals surface area (Å²) in [5, 5.41) is 90.8. The standard InChI is InChI=1S/C85H114FN17O20/c1-51(105)73(98-84(123)85(3,45-57-25-20-21-27-61(57)86)99-82(121)74(52(2)106)97-69(107)47-90-76(115)63(38-39-71(110)111)92-80(119)68-28-22-40-102(68)83(122)62(87)43-59-46-89-50-91-59)81(120)96-67(49-104)79(118)95-66(44-72(112)113)78(117)94-65(77(116)93-64(75(88)114)41-53-30-34-56(35-31-53)55-23-16-15-17-24-55)42-54-32-36-60(37-33-54)103-48-58(100-101-103)26-18-13-11-9-7-5-4-6-8-10-12-14-19-29-70(108)109/h15-17,20-21,23-25,27,30-37,46,48,50-52,62-68,73-74,104-106H,4-14,18-19,22,26,28-29,38-45,47,49,87H2,1-3H3,(H2,88,114)(H,89,91)(H,90,115)(H,92,119)(H,93,116)(H,94,117)(H,95,118)(H,96,120)(H,97,107)(H,98,123)(H,99,121)(H,108,109)(H,110,111)(H,112,113)/t51-,52-,62+,63+,64+,65+,66+,67+,68+,73+,74+,85?/m1/s1. The van der Waals surface area contributed by atoms with Gasteiger partial charge in [0.1, 0.15) is 59.7 Å². The fourth-order valence-electron chi connectivity index (χ4n) is 14.1. The number of imidazole rings is 1. The first-order chi connectivity index (χ1) is 58.7. The Morgan fingerprint density at radius 1 is 0.577 bits per heavy atom. The van der Waals surface area contributed by atoms with Gasteiger partial charge >= 0.3 is 17.9 Å². The number of nitrogens with one attached hydrogen (secondary N) is 10. The number of carboxylic acid groups (broad SMARTS) is 3. The van der Waals surface area contributed by atoms with Gasteiger partial charge in [0.2, 0.25) is 65.0 Å². The molecule has 666 valence electrons. The van der Waals surface area contributed by atoms with Crippen molar-refractivity contribution >= 4 is 82.9 Å². The molecule has 6 aromatic rings. The Morgan fingerprint density at radius 3 is 1.71 bits per heavy atom. The van der Waals surface area contributed by atoms with Crippen molar-refractivity contribution in [1.82, 2.24) is 77.7 Å². The van der Waals surface area contributed by atoms with E-state index in [1.54, 1.807) is 53.5 Å². The first kappa shape index (κ1) is 97.7. The summed E-state index contributed by atoms with van der Waals surface area (Å²) in [6.45, 7) is 0.959. The first-order valence-corrected chi connectivity index (χ1v) is 41.3. The smallest absolute Gasteiger partial charge is 0.305 e. The van der Waals surface area contributed by atoms with E-state index < -0.39 is 200 Å². The topological polar surface area (TPSA) is 583 Å². The van der Waals surface area contributed by atoms with E-state index in [2.05, 4.69) is 68.1 Å². The van der Waals surface area contributed by atoms with E-state index in [0.717, 1.165) is 108 Å². The van der Waals surface area contributed by atoms with E-state index in [1.165, 1.54) is 48.7 Å². The van der Waals surface area contributed by atoms with Crippen molar-refractivity contribution in [2.45, 2.75) is 247 Å². The zero-order chi connectivity index (χ0) is 89.7. The molecule has 0 saturated carbocycles. The number of carbonyl (C=O) groups excluding carboxylic acids is 11. The maximum absolute atomic E-state index is 15.6. The van der Waals surface area contributed by atoms with Gasteiger partial charge in [-0.15, -0.1) is 5.10 Å². The Bertz CT molecular complexity index is 4520. The van der Waals surface area contributed by atoms with Crippen LogP contribution in [0.3, 0.4) is 0 Å². The molecule has 2 aromatic heterocycles. The molecule has 0 bridgehead atoms. The normalized spacial score (nSPS) is 15.4. The highest BCUT2D eigenvalue weighted by Crippen LogP contribution is 2.25. The van der Waals surface area contributed by atoms with Crippen LogP contribution in [0, 0.1) is 5.82 Å². The van der Waals surface area contributed by atoms with Gasteiger partial charge in [0, 0.05) is 51.3 Å². The molecule has 38 heteroatoms. The van der Waals surface area contributed by atoms with Crippen LogP contribution in [0.1, 0.15) is 171 Å². The zero-order valence-electron chi connectivity index (χ0n) is 69.2. The Labute approximate surface area is 710 Å². The number of unbranched alkanes of at least 4 members (excludes halogenated alkanes) is 12. The molecule has 37 nitrogen and oxygen atoms in total. The molecule has 1 aliphatic heterocycles. The molecular weight excluding hydrogens is 1600 g/mol. The van der Waals surface area contributed by atoms with Crippen LogP contribution in [0.2, 0.25) is 0 Å².